The topological polar surface area (TPSA) is 114 Å². The molecule has 0 unspecified atom stereocenters. The van der Waals surface area contributed by atoms with E-state index in [-0.39, 0.29) is 5.92 Å². The number of para-hydroxylation sites is 2. The highest BCUT2D eigenvalue weighted by atomic mass is 16.7. The first-order chi connectivity index (χ1) is 19.6. The number of hydrogen-bond donors (Lipinski definition) is 2. The number of imidazole rings is 2. The fourth-order valence-electron chi connectivity index (χ4n) is 5.55. The third-order valence-corrected chi connectivity index (χ3v) is 7.45. The number of rotatable bonds is 6. The maximum Gasteiger partial charge on any atom is 0.249 e. The highest BCUT2D eigenvalue weighted by molar-refractivity contribution is 5.96. The van der Waals surface area contributed by atoms with Crippen LogP contribution < -0.4 is 10.6 Å². The van der Waals surface area contributed by atoms with E-state index in [1.807, 2.05) is 101 Å². The molecule has 3 N–H and O–H groups in total. The van der Waals surface area contributed by atoms with Crippen molar-refractivity contribution in [3.63, 3.8) is 0 Å². The Kier molecular flexibility index (Phi) is 5.98. The SMILES string of the molecule is NC(=O)c1cccc(-c2cn3ccccc3n2)c1C1CCN(Oc2cccc(-c3nc4ccccc4[nH]3)n2)CC1. The maximum atomic E-state index is 12.5. The van der Waals surface area contributed by atoms with Crippen LogP contribution in [-0.2, 0) is 0 Å². The molecule has 9 nitrogen and oxygen atoms in total. The Bertz CT molecular complexity index is 1780. The van der Waals surface area contributed by atoms with Gasteiger partial charge in [-0.25, -0.2) is 15.0 Å². The van der Waals surface area contributed by atoms with Crippen LogP contribution in [0.2, 0.25) is 0 Å². The molecule has 5 heterocycles. The number of primary amides is 1. The first-order valence-electron chi connectivity index (χ1n) is 13.3. The fraction of sp³-hybridized carbons (Fsp3) is 0.161. The molecule has 1 amide bonds. The van der Waals surface area contributed by atoms with E-state index >= 15 is 0 Å². The van der Waals surface area contributed by atoms with E-state index in [1.165, 1.54) is 0 Å². The summed E-state index contributed by atoms with van der Waals surface area (Å²) in [6.07, 6.45) is 5.57. The van der Waals surface area contributed by atoms with Crippen LogP contribution in [0.4, 0.5) is 0 Å². The Morgan fingerprint density at radius 1 is 0.875 bits per heavy atom. The van der Waals surface area contributed by atoms with Crippen LogP contribution in [0, 0.1) is 0 Å². The molecule has 0 saturated carbocycles. The quantitative estimate of drug-likeness (QED) is 0.306. The minimum Gasteiger partial charge on any atom is -0.386 e. The zero-order valence-corrected chi connectivity index (χ0v) is 21.7. The van der Waals surface area contributed by atoms with E-state index in [0.717, 1.165) is 52.0 Å². The van der Waals surface area contributed by atoms with E-state index in [0.29, 0.717) is 30.4 Å². The molecule has 0 atom stereocenters. The number of benzene rings is 2. The molecule has 1 saturated heterocycles. The van der Waals surface area contributed by atoms with Crippen LogP contribution >= 0.6 is 0 Å². The number of carbonyl (C=O) groups excluding carboxylic acids is 1. The lowest BCUT2D eigenvalue weighted by Crippen LogP contribution is -2.36. The zero-order chi connectivity index (χ0) is 27.1. The molecule has 1 fully saturated rings. The minimum atomic E-state index is -0.425. The summed E-state index contributed by atoms with van der Waals surface area (Å²) in [7, 11) is 0. The van der Waals surface area contributed by atoms with Gasteiger partial charge in [-0.05, 0) is 60.7 Å². The molecule has 1 aliphatic heterocycles. The lowest BCUT2D eigenvalue weighted by Gasteiger charge is -2.32. The van der Waals surface area contributed by atoms with Gasteiger partial charge in [-0.15, -0.1) is 5.06 Å². The van der Waals surface area contributed by atoms with Gasteiger partial charge in [0.05, 0.1) is 16.7 Å². The van der Waals surface area contributed by atoms with E-state index in [2.05, 4.69) is 9.97 Å². The summed E-state index contributed by atoms with van der Waals surface area (Å²) in [4.78, 5) is 36.1. The van der Waals surface area contributed by atoms with Gasteiger partial charge in [0.15, 0.2) is 5.82 Å². The highest BCUT2D eigenvalue weighted by Crippen LogP contribution is 2.37. The summed E-state index contributed by atoms with van der Waals surface area (Å²) < 4.78 is 1.99. The molecule has 1 aliphatic rings. The van der Waals surface area contributed by atoms with Gasteiger partial charge in [-0.1, -0.05) is 36.4 Å². The van der Waals surface area contributed by atoms with Gasteiger partial charge in [0.25, 0.3) is 0 Å². The van der Waals surface area contributed by atoms with Crippen LogP contribution in [0.1, 0.15) is 34.7 Å². The largest absolute Gasteiger partial charge is 0.386 e. The summed E-state index contributed by atoms with van der Waals surface area (Å²) in [6.45, 7) is 1.36. The second-order valence-electron chi connectivity index (χ2n) is 9.98. The first-order valence-corrected chi connectivity index (χ1v) is 13.3. The van der Waals surface area contributed by atoms with Crippen molar-refractivity contribution >= 4 is 22.6 Å². The normalized spacial score (nSPS) is 14.6. The molecular weight excluding hydrogens is 502 g/mol. The highest BCUT2D eigenvalue weighted by Gasteiger charge is 2.28. The number of H-pyrrole nitrogens is 1. The lowest BCUT2D eigenvalue weighted by molar-refractivity contribution is -0.0792. The maximum absolute atomic E-state index is 12.5. The third-order valence-electron chi connectivity index (χ3n) is 7.45. The summed E-state index contributed by atoms with van der Waals surface area (Å²) >= 11 is 0. The Balaban J connectivity index is 1.11. The van der Waals surface area contributed by atoms with Crippen molar-refractivity contribution in [1.82, 2.24) is 29.4 Å². The van der Waals surface area contributed by atoms with Crippen molar-refractivity contribution in [2.45, 2.75) is 18.8 Å². The van der Waals surface area contributed by atoms with E-state index in [9.17, 15) is 4.79 Å². The third kappa shape index (κ3) is 4.46. The van der Waals surface area contributed by atoms with Gasteiger partial charge >= 0.3 is 0 Å². The van der Waals surface area contributed by atoms with E-state index < -0.39 is 5.91 Å². The minimum absolute atomic E-state index is 0.137. The molecule has 2 aromatic carbocycles. The molecule has 9 heteroatoms. The van der Waals surface area contributed by atoms with Crippen molar-refractivity contribution in [2.24, 2.45) is 5.73 Å². The van der Waals surface area contributed by atoms with Crippen LogP contribution in [0.15, 0.2) is 91.3 Å². The van der Waals surface area contributed by atoms with Crippen molar-refractivity contribution < 1.29 is 9.63 Å². The van der Waals surface area contributed by atoms with E-state index in [1.54, 1.807) is 0 Å². The smallest absolute Gasteiger partial charge is 0.249 e. The number of carbonyl (C=O) groups is 1. The molecule has 198 valence electrons. The molecule has 6 aromatic rings. The molecule has 4 aromatic heterocycles. The number of nitrogens with zero attached hydrogens (tertiary/aromatic N) is 5. The molecule has 0 bridgehead atoms. The standard InChI is InChI=1S/C31H27N7O2/c32-30(39)22-8-5-7-21(26-19-37-16-4-3-12-27(37)33-26)29(22)20-14-17-38(18-15-20)40-28-13-6-11-25(34-28)31-35-23-9-1-2-10-24(23)36-31/h1-13,16,19-20H,14-15,17-18H2,(H2,32,39)(H,35,36). The number of hydroxylamine groups is 2. The Labute approximate surface area is 230 Å². The Hall–Kier alpha value is -5.02. The van der Waals surface area contributed by atoms with Crippen molar-refractivity contribution in [3.05, 3.63) is 102 Å². The molecule has 0 radical (unpaired) electrons. The van der Waals surface area contributed by atoms with Crippen molar-refractivity contribution in [2.75, 3.05) is 13.1 Å². The summed E-state index contributed by atoms with van der Waals surface area (Å²) in [5.74, 6) is 0.927. The summed E-state index contributed by atoms with van der Waals surface area (Å²) in [5, 5.41) is 1.93. The number of amides is 1. The van der Waals surface area contributed by atoms with E-state index in [4.69, 9.17) is 20.5 Å². The predicted octanol–water partition coefficient (Wildman–Crippen LogP) is 5.21. The van der Waals surface area contributed by atoms with Crippen LogP contribution in [0.3, 0.4) is 0 Å². The number of aromatic nitrogens is 5. The Morgan fingerprint density at radius 2 is 1.70 bits per heavy atom. The fourth-order valence-corrected chi connectivity index (χ4v) is 5.55. The molecule has 7 rings (SSSR count). The lowest BCUT2D eigenvalue weighted by atomic mass is 9.83. The number of piperidine rings is 1. The van der Waals surface area contributed by atoms with Crippen LogP contribution in [0.25, 0.3) is 39.5 Å². The number of nitrogens with two attached hydrogens (primary N) is 1. The van der Waals surface area contributed by atoms with Crippen molar-refractivity contribution in [1.29, 1.82) is 0 Å². The molecule has 0 spiro atoms. The molecule has 0 aliphatic carbocycles. The average Bonchev–Trinajstić information content (AvgIpc) is 3.62. The van der Waals surface area contributed by atoms with Crippen LogP contribution in [-0.4, -0.2) is 48.4 Å². The zero-order valence-electron chi connectivity index (χ0n) is 21.7. The number of hydrogen-bond acceptors (Lipinski definition) is 6. The monoisotopic (exact) mass is 529 g/mol. The Morgan fingerprint density at radius 3 is 2.52 bits per heavy atom. The average molecular weight is 530 g/mol. The summed E-state index contributed by atoms with van der Waals surface area (Å²) in [6, 6.07) is 25.2. The molecular formula is C31H27N7O2. The number of aromatic amines is 1. The van der Waals surface area contributed by atoms with Gasteiger partial charge < -0.3 is 20.0 Å². The number of nitrogens with one attached hydrogen (secondary N) is 1. The second-order valence-corrected chi connectivity index (χ2v) is 9.98. The first kappa shape index (κ1) is 24.1. The molecule has 40 heavy (non-hydrogen) atoms. The van der Waals surface area contributed by atoms with Gasteiger partial charge in [0, 0.05) is 42.7 Å². The number of pyridine rings is 2. The van der Waals surface area contributed by atoms with Crippen molar-refractivity contribution in [3.8, 4) is 28.7 Å². The van der Waals surface area contributed by atoms with Gasteiger partial charge in [0.1, 0.15) is 11.3 Å². The predicted molar refractivity (Wildman–Crippen MR) is 153 cm³/mol. The van der Waals surface area contributed by atoms with Gasteiger partial charge in [0.2, 0.25) is 11.8 Å². The second kappa shape index (κ2) is 9.94. The van der Waals surface area contributed by atoms with Gasteiger partial charge in [-0.3, -0.25) is 4.79 Å². The summed E-state index contributed by atoms with van der Waals surface area (Å²) in [5.41, 5.74) is 12.6. The van der Waals surface area contributed by atoms with Gasteiger partial charge in [-0.2, -0.15) is 0 Å². The number of fused-ring (bicyclic) bond motifs is 2. The van der Waals surface area contributed by atoms with Crippen LogP contribution in [0.5, 0.6) is 5.88 Å².